The molecule has 0 saturated heterocycles. The Morgan fingerprint density at radius 2 is 2.04 bits per heavy atom. The minimum absolute atomic E-state index is 0.0246. The summed E-state index contributed by atoms with van der Waals surface area (Å²) >= 11 is 1.31. The quantitative estimate of drug-likeness (QED) is 0.613. The fourth-order valence-corrected chi connectivity index (χ4v) is 3.28. The minimum Gasteiger partial charge on any atom is -0.467 e. The lowest BCUT2D eigenvalue weighted by Crippen LogP contribution is -2.33. The Bertz CT molecular complexity index is 817. The zero-order chi connectivity index (χ0) is 18.4. The molecule has 1 N–H and O–H groups in total. The van der Waals surface area contributed by atoms with Gasteiger partial charge in [0.2, 0.25) is 11.1 Å². The van der Waals surface area contributed by atoms with Crippen molar-refractivity contribution >= 4 is 17.7 Å². The van der Waals surface area contributed by atoms with Gasteiger partial charge in [0.1, 0.15) is 12.3 Å². The van der Waals surface area contributed by atoms with Gasteiger partial charge >= 0.3 is 0 Å². The highest BCUT2D eigenvalue weighted by Gasteiger charge is 2.19. The van der Waals surface area contributed by atoms with Crippen molar-refractivity contribution in [2.75, 3.05) is 5.75 Å². The van der Waals surface area contributed by atoms with Crippen LogP contribution in [0, 0.1) is 5.92 Å². The Morgan fingerprint density at radius 1 is 1.23 bits per heavy atom. The van der Waals surface area contributed by atoms with E-state index in [2.05, 4.69) is 34.7 Å². The van der Waals surface area contributed by atoms with E-state index in [9.17, 15) is 4.79 Å². The van der Waals surface area contributed by atoms with Crippen molar-refractivity contribution in [1.82, 2.24) is 25.5 Å². The number of carbonyl (C=O) groups excluding carboxylic acids is 1. The number of rotatable bonds is 8. The molecule has 2 aromatic heterocycles. The van der Waals surface area contributed by atoms with Crippen molar-refractivity contribution in [3.05, 3.63) is 60.1 Å². The molecular weight excluding hydrogens is 350 g/mol. The molecule has 8 heteroatoms. The van der Waals surface area contributed by atoms with Crippen molar-refractivity contribution in [3.63, 3.8) is 0 Å². The summed E-state index contributed by atoms with van der Waals surface area (Å²) < 4.78 is 6.93. The van der Waals surface area contributed by atoms with Gasteiger partial charge in [-0.05, 0) is 34.0 Å². The summed E-state index contributed by atoms with van der Waals surface area (Å²) in [5.41, 5.74) is 1.10. The van der Waals surface area contributed by atoms with Crippen LogP contribution in [0.25, 0.3) is 0 Å². The maximum absolute atomic E-state index is 12.4. The lowest BCUT2D eigenvalue weighted by Gasteiger charge is -2.22. The summed E-state index contributed by atoms with van der Waals surface area (Å²) in [4.78, 5) is 12.4. The second-order valence-corrected chi connectivity index (χ2v) is 7.13. The van der Waals surface area contributed by atoms with Crippen LogP contribution in [0.2, 0.25) is 0 Å². The third kappa shape index (κ3) is 4.72. The number of carbonyl (C=O) groups is 1. The first-order valence-electron chi connectivity index (χ1n) is 8.39. The van der Waals surface area contributed by atoms with Crippen molar-refractivity contribution in [1.29, 1.82) is 0 Å². The molecule has 7 nitrogen and oxygen atoms in total. The van der Waals surface area contributed by atoms with E-state index >= 15 is 0 Å². The fraction of sp³-hybridized carbons (Fsp3) is 0.333. The highest BCUT2D eigenvalue weighted by molar-refractivity contribution is 7.99. The van der Waals surface area contributed by atoms with Crippen LogP contribution in [-0.2, 0) is 11.3 Å². The van der Waals surface area contributed by atoms with E-state index in [4.69, 9.17) is 4.42 Å². The molecule has 0 aliphatic rings. The molecule has 1 aromatic carbocycles. The van der Waals surface area contributed by atoms with Crippen molar-refractivity contribution in [3.8, 4) is 0 Å². The van der Waals surface area contributed by atoms with E-state index in [1.807, 2.05) is 42.5 Å². The zero-order valence-electron chi connectivity index (χ0n) is 14.7. The molecule has 2 heterocycles. The first-order chi connectivity index (χ1) is 12.6. The lowest BCUT2D eigenvalue weighted by molar-refractivity contribution is -0.119. The van der Waals surface area contributed by atoms with Gasteiger partial charge in [-0.2, -0.15) is 0 Å². The number of nitrogens with zero attached hydrogens (tertiary/aromatic N) is 4. The summed E-state index contributed by atoms with van der Waals surface area (Å²) in [6, 6.07) is 13.6. The standard InChI is InChI=1S/C18H21N5O2S/c1-13(2)17(14-7-4-3-5-8-14)19-16(24)12-26-18-20-21-22-23(18)11-15-9-6-10-25-15/h3-10,13,17H,11-12H2,1-2H3,(H,19,24). The first-order valence-corrected chi connectivity index (χ1v) is 9.37. The average molecular weight is 371 g/mol. The van der Waals surface area contributed by atoms with Crippen LogP contribution in [0.3, 0.4) is 0 Å². The van der Waals surface area contributed by atoms with Gasteiger partial charge in [0.05, 0.1) is 18.1 Å². The van der Waals surface area contributed by atoms with Crippen LogP contribution < -0.4 is 5.32 Å². The molecule has 0 spiro atoms. The van der Waals surface area contributed by atoms with Crippen molar-refractivity contribution < 1.29 is 9.21 Å². The van der Waals surface area contributed by atoms with Gasteiger partial charge in [-0.15, -0.1) is 5.10 Å². The van der Waals surface area contributed by atoms with Crippen LogP contribution in [-0.4, -0.2) is 31.9 Å². The zero-order valence-corrected chi connectivity index (χ0v) is 15.5. The third-order valence-corrected chi connectivity index (χ3v) is 4.82. The molecule has 26 heavy (non-hydrogen) atoms. The lowest BCUT2D eigenvalue weighted by atomic mass is 9.96. The van der Waals surface area contributed by atoms with Crippen molar-refractivity contribution in [2.45, 2.75) is 31.6 Å². The smallest absolute Gasteiger partial charge is 0.230 e. The minimum atomic E-state index is -0.0508. The molecule has 3 rings (SSSR count). The molecule has 0 saturated carbocycles. The van der Waals surface area contributed by atoms with E-state index < -0.39 is 0 Å². The summed E-state index contributed by atoms with van der Waals surface area (Å²) in [6.45, 7) is 4.62. The van der Waals surface area contributed by atoms with Gasteiger partial charge in [-0.3, -0.25) is 4.79 Å². The Labute approximate surface area is 156 Å². The maximum atomic E-state index is 12.4. The number of furan rings is 1. The SMILES string of the molecule is CC(C)C(NC(=O)CSc1nnnn1Cc1ccco1)c1ccccc1. The Morgan fingerprint density at radius 3 is 2.73 bits per heavy atom. The van der Waals surface area contributed by atoms with E-state index in [0.29, 0.717) is 11.7 Å². The van der Waals surface area contributed by atoms with Crippen LogP contribution in [0.4, 0.5) is 0 Å². The first kappa shape index (κ1) is 18.2. The van der Waals surface area contributed by atoms with E-state index in [1.54, 1.807) is 10.9 Å². The molecule has 0 aliphatic heterocycles. The van der Waals surface area contributed by atoms with Crippen LogP contribution in [0.5, 0.6) is 0 Å². The van der Waals surface area contributed by atoms with Gasteiger partial charge in [0, 0.05) is 0 Å². The summed E-state index contributed by atoms with van der Waals surface area (Å²) in [7, 11) is 0. The fourth-order valence-electron chi connectivity index (χ4n) is 2.59. The second-order valence-electron chi connectivity index (χ2n) is 6.19. The van der Waals surface area contributed by atoms with Gasteiger partial charge in [0.15, 0.2) is 0 Å². The Hall–Kier alpha value is -2.61. The molecule has 1 amide bonds. The summed E-state index contributed by atoms with van der Waals surface area (Å²) in [5.74, 6) is 1.24. The van der Waals surface area contributed by atoms with E-state index in [1.165, 1.54) is 11.8 Å². The van der Waals surface area contributed by atoms with Gasteiger partial charge in [-0.25, -0.2) is 4.68 Å². The number of amides is 1. The molecule has 0 radical (unpaired) electrons. The monoisotopic (exact) mass is 371 g/mol. The van der Waals surface area contributed by atoms with Crippen LogP contribution in [0.1, 0.15) is 31.2 Å². The molecule has 0 aliphatic carbocycles. The molecule has 3 aromatic rings. The largest absolute Gasteiger partial charge is 0.467 e. The highest BCUT2D eigenvalue weighted by Crippen LogP contribution is 2.22. The molecular formula is C18H21N5O2S. The number of nitrogens with one attached hydrogen (secondary N) is 1. The molecule has 1 unspecified atom stereocenters. The molecule has 1 atom stereocenters. The molecule has 0 fully saturated rings. The topological polar surface area (TPSA) is 85.8 Å². The van der Waals surface area contributed by atoms with Gasteiger partial charge in [0.25, 0.3) is 0 Å². The molecule has 136 valence electrons. The highest BCUT2D eigenvalue weighted by atomic mass is 32.2. The van der Waals surface area contributed by atoms with E-state index in [-0.39, 0.29) is 23.6 Å². The number of hydrogen-bond acceptors (Lipinski definition) is 6. The number of tetrazole rings is 1. The van der Waals surface area contributed by atoms with Gasteiger partial charge < -0.3 is 9.73 Å². The van der Waals surface area contributed by atoms with Crippen molar-refractivity contribution in [2.24, 2.45) is 5.92 Å². The van der Waals surface area contributed by atoms with Crippen LogP contribution >= 0.6 is 11.8 Å². The third-order valence-electron chi connectivity index (χ3n) is 3.86. The molecule has 0 bridgehead atoms. The maximum Gasteiger partial charge on any atom is 0.230 e. The number of benzene rings is 1. The van der Waals surface area contributed by atoms with E-state index in [0.717, 1.165) is 11.3 Å². The number of hydrogen-bond donors (Lipinski definition) is 1. The summed E-state index contributed by atoms with van der Waals surface area (Å²) in [5, 5.41) is 15.3. The Balaban J connectivity index is 1.58. The normalized spacial score (nSPS) is 12.3. The van der Waals surface area contributed by atoms with Gasteiger partial charge in [-0.1, -0.05) is 55.9 Å². The summed E-state index contributed by atoms with van der Waals surface area (Å²) in [6.07, 6.45) is 1.61. The van der Waals surface area contributed by atoms with Crippen LogP contribution in [0.15, 0.2) is 58.3 Å². The second kappa shape index (κ2) is 8.66. The predicted molar refractivity (Wildman–Crippen MR) is 98.5 cm³/mol. The number of thioether (sulfide) groups is 1. The average Bonchev–Trinajstić information content (AvgIpc) is 3.31. The Kier molecular flexibility index (Phi) is 6.06. The number of aromatic nitrogens is 4. The predicted octanol–water partition coefficient (Wildman–Crippen LogP) is 2.92.